The average molecular weight is 806 g/mol. The van der Waals surface area contributed by atoms with Crippen molar-refractivity contribution in [2.24, 2.45) is 0 Å². The van der Waals surface area contributed by atoms with Gasteiger partial charge in [0.1, 0.15) is 5.82 Å². The zero-order valence-corrected chi connectivity index (χ0v) is 36.3. The third-order valence-electron chi connectivity index (χ3n) is 11.7. The predicted molar refractivity (Wildman–Crippen MR) is 257 cm³/mol. The molecule has 9 aromatic rings. The first-order chi connectivity index (χ1) is 29.4. The second kappa shape index (κ2) is 16.5. The lowest BCUT2D eigenvalue weighted by Crippen LogP contribution is -2.74. The summed E-state index contributed by atoms with van der Waals surface area (Å²) in [5.41, 5.74) is 1.62. The number of benzene rings is 8. The Balaban J connectivity index is 1.26. The quantitative estimate of drug-likeness (QED) is 0.108. The van der Waals surface area contributed by atoms with E-state index >= 15 is 0 Å². The van der Waals surface area contributed by atoms with Crippen LogP contribution in [0.2, 0.25) is 0 Å². The zero-order valence-electron chi connectivity index (χ0n) is 34.3. The Kier molecular flexibility index (Phi) is 10.6. The summed E-state index contributed by atoms with van der Waals surface area (Å²) in [6.07, 6.45) is 0. The SMILES string of the molecule is CC(C)(C)c1nc(-c2cccc([Si](c3ccccc3)(c3ccccc3)c3ccccc3)c2)nc(-c2cccc([Si](c3ccccc3)(c3ccccc3)c3ccccc3)c2)n1. The maximum Gasteiger partial charge on any atom is 0.179 e. The second-order valence-electron chi connectivity index (χ2n) is 16.4. The summed E-state index contributed by atoms with van der Waals surface area (Å²) >= 11 is 0. The van der Waals surface area contributed by atoms with Crippen LogP contribution in [-0.2, 0) is 5.41 Å². The van der Waals surface area contributed by atoms with Crippen LogP contribution in [-0.4, -0.2) is 31.1 Å². The van der Waals surface area contributed by atoms with E-state index in [1.165, 1.54) is 41.5 Å². The van der Waals surface area contributed by atoms with E-state index in [1.807, 2.05) is 0 Å². The van der Waals surface area contributed by atoms with Gasteiger partial charge < -0.3 is 0 Å². The Labute approximate surface area is 356 Å². The van der Waals surface area contributed by atoms with Gasteiger partial charge in [0.05, 0.1) is 0 Å². The van der Waals surface area contributed by atoms with E-state index in [1.54, 1.807) is 0 Å². The summed E-state index contributed by atoms with van der Waals surface area (Å²) < 4.78 is 0. The molecule has 0 fully saturated rings. The van der Waals surface area contributed by atoms with E-state index in [9.17, 15) is 0 Å². The fourth-order valence-corrected chi connectivity index (χ4v) is 18.5. The normalized spacial score (nSPS) is 11.9. The largest absolute Gasteiger partial charge is 0.212 e. The minimum absolute atomic E-state index is 0.324. The molecule has 9 rings (SSSR count). The van der Waals surface area contributed by atoms with E-state index in [2.05, 4.69) is 251 Å². The Bertz CT molecular complexity index is 2450. The molecule has 1 aromatic heterocycles. The van der Waals surface area contributed by atoms with Crippen molar-refractivity contribution in [1.82, 2.24) is 15.0 Å². The Morgan fingerprint density at radius 1 is 0.283 bits per heavy atom. The highest BCUT2D eigenvalue weighted by atomic mass is 28.3. The van der Waals surface area contributed by atoms with E-state index in [4.69, 9.17) is 15.0 Å². The summed E-state index contributed by atoms with van der Waals surface area (Å²) in [4.78, 5) is 15.9. The van der Waals surface area contributed by atoms with Crippen molar-refractivity contribution < 1.29 is 0 Å². The molecule has 3 nitrogen and oxygen atoms in total. The molecule has 0 radical (unpaired) electrons. The third kappa shape index (κ3) is 7.06. The molecule has 5 heteroatoms. The maximum absolute atomic E-state index is 5.38. The molecule has 0 saturated heterocycles. The van der Waals surface area contributed by atoms with Gasteiger partial charge in [0.25, 0.3) is 0 Å². The lowest BCUT2D eigenvalue weighted by molar-refractivity contribution is 0.543. The standard InChI is InChI=1S/C55H47N3Si2/c1-55(2,3)54-57-52(42-24-22-38-50(40-42)59(44-26-10-4-11-27-44,45-28-12-5-13-29-45)46-30-14-6-15-31-46)56-53(58-54)43-25-23-39-51(41-43)60(47-32-16-7-17-33-47,48-34-18-8-19-35-48)49-36-20-9-21-37-49/h4-41H,1-3H3. The lowest BCUT2D eigenvalue weighted by atomic mass is 9.95. The zero-order chi connectivity index (χ0) is 41.0. The van der Waals surface area contributed by atoms with Crippen molar-refractivity contribution in [2.45, 2.75) is 26.2 Å². The van der Waals surface area contributed by atoms with Crippen LogP contribution in [0.25, 0.3) is 22.8 Å². The number of nitrogens with zero attached hydrogens (tertiary/aromatic N) is 3. The summed E-state index contributed by atoms with van der Waals surface area (Å²) in [7, 11) is -5.57. The van der Waals surface area contributed by atoms with Gasteiger partial charge in [0.15, 0.2) is 27.8 Å². The topological polar surface area (TPSA) is 38.7 Å². The molecule has 0 amide bonds. The van der Waals surface area contributed by atoms with Crippen LogP contribution in [0, 0.1) is 0 Å². The molecule has 60 heavy (non-hydrogen) atoms. The van der Waals surface area contributed by atoms with Crippen molar-refractivity contribution >= 4 is 57.6 Å². The highest BCUT2D eigenvalue weighted by molar-refractivity contribution is 7.20. The van der Waals surface area contributed by atoms with Crippen LogP contribution >= 0.6 is 0 Å². The first kappa shape index (κ1) is 38.7. The van der Waals surface area contributed by atoms with Gasteiger partial charge >= 0.3 is 0 Å². The van der Waals surface area contributed by atoms with Crippen molar-refractivity contribution in [3.8, 4) is 22.8 Å². The van der Waals surface area contributed by atoms with Crippen LogP contribution in [0.15, 0.2) is 231 Å². The molecule has 1 heterocycles. The Morgan fingerprint density at radius 2 is 0.533 bits per heavy atom. The average Bonchev–Trinajstić information content (AvgIpc) is 3.31. The Morgan fingerprint density at radius 3 is 0.783 bits per heavy atom. The van der Waals surface area contributed by atoms with Crippen LogP contribution in [0.4, 0.5) is 0 Å². The van der Waals surface area contributed by atoms with Gasteiger partial charge in [0, 0.05) is 16.5 Å². The van der Waals surface area contributed by atoms with E-state index in [0.717, 1.165) is 17.0 Å². The molecule has 0 saturated carbocycles. The van der Waals surface area contributed by atoms with Gasteiger partial charge in [-0.3, -0.25) is 0 Å². The summed E-state index contributed by atoms with van der Waals surface area (Å²) in [6.45, 7) is 6.54. The first-order valence-electron chi connectivity index (χ1n) is 20.7. The van der Waals surface area contributed by atoms with Gasteiger partial charge in [-0.15, -0.1) is 0 Å². The van der Waals surface area contributed by atoms with Gasteiger partial charge in [-0.1, -0.05) is 251 Å². The van der Waals surface area contributed by atoms with E-state index in [-0.39, 0.29) is 5.41 Å². The fraction of sp³-hybridized carbons (Fsp3) is 0.0727. The van der Waals surface area contributed by atoms with Gasteiger partial charge in [0.2, 0.25) is 0 Å². The van der Waals surface area contributed by atoms with Gasteiger partial charge in [-0.05, 0) is 41.5 Å². The van der Waals surface area contributed by atoms with Gasteiger partial charge in [-0.25, -0.2) is 15.0 Å². The van der Waals surface area contributed by atoms with Crippen molar-refractivity contribution in [1.29, 1.82) is 0 Å². The lowest BCUT2D eigenvalue weighted by Gasteiger charge is -2.34. The van der Waals surface area contributed by atoms with E-state index < -0.39 is 16.1 Å². The molecule has 0 bridgehead atoms. The molecule has 0 spiro atoms. The fourth-order valence-electron chi connectivity index (χ4n) is 8.88. The third-order valence-corrected chi connectivity index (χ3v) is 21.2. The number of aromatic nitrogens is 3. The first-order valence-corrected chi connectivity index (χ1v) is 24.7. The molecule has 0 unspecified atom stereocenters. The van der Waals surface area contributed by atoms with Crippen LogP contribution < -0.4 is 41.5 Å². The number of rotatable bonds is 10. The minimum Gasteiger partial charge on any atom is -0.212 e. The highest BCUT2D eigenvalue weighted by Crippen LogP contribution is 2.26. The summed E-state index contributed by atoms with van der Waals surface area (Å²) in [5.74, 6) is 2.10. The second-order valence-corrected chi connectivity index (χ2v) is 24.0. The molecule has 0 atom stereocenters. The minimum atomic E-state index is -2.78. The van der Waals surface area contributed by atoms with Gasteiger partial charge in [-0.2, -0.15) is 0 Å². The predicted octanol–water partition coefficient (Wildman–Crippen LogP) is 7.26. The molecule has 8 aromatic carbocycles. The molecule has 0 aliphatic rings. The Hall–Kier alpha value is -6.80. The molecule has 0 aliphatic carbocycles. The van der Waals surface area contributed by atoms with E-state index in [0.29, 0.717) is 11.6 Å². The molecule has 0 N–H and O–H groups in total. The number of hydrogen-bond donors (Lipinski definition) is 0. The smallest absolute Gasteiger partial charge is 0.179 e. The summed E-state index contributed by atoms with van der Waals surface area (Å²) in [6, 6.07) is 84.2. The van der Waals surface area contributed by atoms with Crippen molar-refractivity contribution in [2.75, 3.05) is 0 Å². The molecule has 0 aliphatic heterocycles. The molecule has 290 valence electrons. The van der Waals surface area contributed by atoms with Crippen LogP contribution in [0.5, 0.6) is 0 Å². The van der Waals surface area contributed by atoms with Crippen LogP contribution in [0.1, 0.15) is 26.6 Å². The summed E-state index contributed by atoms with van der Waals surface area (Å²) in [5, 5.41) is 10.5. The van der Waals surface area contributed by atoms with Crippen LogP contribution in [0.3, 0.4) is 0 Å². The van der Waals surface area contributed by atoms with Crippen molar-refractivity contribution in [3.05, 3.63) is 236 Å². The highest BCUT2D eigenvalue weighted by Gasteiger charge is 2.43. The maximum atomic E-state index is 5.38. The molecular formula is C55H47N3Si2. The number of hydrogen-bond acceptors (Lipinski definition) is 3. The molecular weight excluding hydrogens is 759 g/mol. The van der Waals surface area contributed by atoms with Crippen molar-refractivity contribution in [3.63, 3.8) is 0 Å². The monoisotopic (exact) mass is 805 g/mol.